The van der Waals surface area contributed by atoms with Crippen LogP contribution in [-0.2, 0) is 18.3 Å². The van der Waals surface area contributed by atoms with E-state index in [1.54, 1.807) is 12.3 Å². The normalized spacial score (nSPS) is 21.2. The Morgan fingerprint density at radius 1 is 1.50 bits per heavy atom. The summed E-state index contributed by atoms with van der Waals surface area (Å²) in [4.78, 5) is 4.36. The molecule has 1 aromatic carbocycles. The lowest BCUT2D eigenvalue weighted by Gasteiger charge is -2.19. The maximum Gasteiger partial charge on any atom is 0.165 e. The summed E-state index contributed by atoms with van der Waals surface area (Å²) >= 11 is 0. The van der Waals surface area contributed by atoms with E-state index in [0.717, 1.165) is 17.8 Å². The summed E-state index contributed by atoms with van der Waals surface area (Å²) in [7, 11) is 3.42. The van der Waals surface area contributed by atoms with Crippen LogP contribution >= 0.6 is 0 Å². The van der Waals surface area contributed by atoms with E-state index in [9.17, 15) is 4.39 Å². The number of hydrogen-bond donors (Lipinski definition) is 1. The first-order chi connectivity index (χ1) is 10.7. The highest BCUT2D eigenvalue weighted by Crippen LogP contribution is 2.28. The fourth-order valence-corrected chi connectivity index (χ4v) is 2.77. The van der Waals surface area contributed by atoms with E-state index in [2.05, 4.69) is 10.3 Å². The van der Waals surface area contributed by atoms with Crippen LogP contribution in [0.3, 0.4) is 0 Å². The minimum atomic E-state index is -0.342. The molecule has 2 heterocycles. The fraction of sp³-hybridized carbons (Fsp3) is 0.438. The third-order valence-corrected chi connectivity index (χ3v) is 3.99. The molecule has 0 spiro atoms. The molecule has 0 saturated carbocycles. The molecule has 6 heteroatoms. The molecule has 1 aromatic heterocycles. The lowest BCUT2D eigenvalue weighted by molar-refractivity contribution is 0.0893. The van der Waals surface area contributed by atoms with Gasteiger partial charge in [-0.3, -0.25) is 0 Å². The first-order valence-electron chi connectivity index (χ1n) is 7.33. The van der Waals surface area contributed by atoms with Crippen molar-refractivity contribution in [3.63, 3.8) is 0 Å². The predicted molar refractivity (Wildman–Crippen MR) is 80.1 cm³/mol. The predicted octanol–water partition coefficient (Wildman–Crippen LogP) is 2.19. The summed E-state index contributed by atoms with van der Waals surface area (Å²) in [6.07, 6.45) is 4.53. The van der Waals surface area contributed by atoms with Gasteiger partial charge in [0.25, 0.3) is 0 Å². The number of methoxy groups -OCH3 is 1. The Morgan fingerprint density at radius 3 is 3.05 bits per heavy atom. The molecule has 1 N–H and O–H groups in total. The molecule has 118 valence electrons. The maximum atomic E-state index is 13.7. The standard InChI is InChI=1S/C16H20FN3O2/c1-20-7-6-18-16(20)15-13(5-8-22-15)19-10-11-3-4-14(21-2)12(17)9-11/h3-4,6-7,9,13,15,19H,5,8,10H2,1-2H3/t13-,15-/m0/s1. The van der Waals surface area contributed by atoms with E-state index in [1.165, 1.54) is 13.2 Å². The maximum absolute atomic E-state index is 13.7. The van der Waals surface area contributed by atoms with Crippen LogP contribution in [0.15, 0.2) is 30.6 Å². The van der Waals surface area contributed by atoms with Crippen molar-refractivity contribution in [1.82, 2.24) is 14.9 Å². The Bertz CT molecular complexity index is 644. The summed E-state index contributed by atoms with van der Waals surface area (Å²) < 4.78 is 26.4. The minimum Gasteiger partial charge on any atom is -0.494 e. The number of imidazole rings is 1. The van der Waals surface area contributed by atoms with Crippen molar-refractivity contribution in [2.24, 2.45) is 7.05 Å². The Kier molecular flexibility index (Phi) is 4.40. The third-order valence-electron chi connectivity index (χ3n) is 3.99. The van der Waals surface area contributed by atoms with Gasteiger partial charge in [-0.1, -0.05) is 6.07 Å². The molecule has 0 aliphatic carbocycles. The van der Waals surface area contributed by atoms with E-state index in [-0.39, 0.29) is 23.7 Å². The number of hydrogen-bond acceptors (Lipinski definition) is 4. The summed E-state index contributed by atoms with van der Waals surface area (Å²) in [6, 6.07) is 5.18. The number of nitrogens with one attached hydrogen (secondary N) is 1. The van der Waals surface area contributed by atoms with Crippen molar-refractivity contribution in [2.75, 3.05) is 13.7 Å². The van der Waals surface area contributed by atoms with Crippen LogP contribution in [0.4, 0.5) is 4.39 Å². The van der Waals surface area contributed by atoms with Crippen LogP contribution in [0.25, 0.3) is 0 Å². The third kappa shape index (κ3) is 2.98. The van der Waals surface area contributed by atoms with Crippen molar-refractivity contribution in [1.29, 1.82) is 0 Å². The highest BCUT2D eigenvalue weighted by Gasteiger charge is 2.31. The van der Waals surface area contributed by atoms with Crippen LogP contribution in [0, 0.1) is 5.82 Å². The van der Waals surface area contributed by atoms with Gasteiger partial charge in [-0.15, -0.1) is 0 Å². The van der Waals surface area contributed by atoms with E-state index >= 15 is 0 Å². The highest BCUT2D eigenvalue weighted by atomic mass is 19.1. The minimum absolute atomic E-state index is 0.0666. The molecule has 1 fully saturated rings. The van der Waals surface area contributed by atoms with Gasteiger partial charge in [0, 0.05) is 38.6 Å². The first-order valence-corrected chi connectivity index (χ1v) is 7.33. The van der Waals surface area contributed by atoms with E-state index in [0.29, 0.717) is 13.2 Å². The number of halogens is 1. The molecule has 0 bridgehead atoms. The summed E-state index contributed by atoms with van der Waals surface area (Å²) in [5.74, 6) is 0.833. The molecular formula is C16H20FN3O2. The summed E-state index contributed by atoms with van der Waals surface area (Å²) in [6.45, 7) is 1.28. The van der Waals surface area contributed by atoms with Gasteiger partial charge in [-0.2, -0.15) is 0 Å². The van der Waals surface area contributed by atoms with Crippen LogP contribution in [0.2, 0.25) is 0 Å². The number of rotatable bonds is 5. The fourth-order valence-electron chi connectivity index (χ4n) is 2.77. The second-order valence-corrected chi connectivity index (χ2v) is 5.43. The number of aryl methyl sites for hydroxylation is 1. The SMILES string of the molecule is COc1ccc(CN[C@H]2CCO[C@@H]2c2nccn2C)cc1F. The lowest BCUT2D eigenvalue weighted by Crippen LogP contribution is -2.32. The zero-order chi connectivity index (χ0) is 15.5. The smallest absolute Gasteiger partial charge is 0.165 e. The Balaban J connectivity index is 1.65. The molecule has 3 rings (SSSR count). The van der Waals surface area contributed by atoms with Crippen molar-refractivity contribution < 1.29 is 13.9 Å². The molecule has 1 saturated heterocycles. The van der Waals surface area contributed by atoms with Gasteiger partial charge in [-0.05, 0) is 24.1 Å². The van der Waals surface area contributed by atoms with Crippen molar-refractivity contribution in [3.05, 3.63) is 47.8 Å². The average Bonchev–Trinajstić information content (AvgIpc) is 3.13. The van der Waals surface area contributed by atoms with Gasteiger partial charge in [0.1, 0.15) is 11.9 Å². The molecule has 0 unspecified atom stereocenters. The molecule has 1 aliphatic heterocycles. The second kappa shape index (κ2) is 6.46. The summed E-state index contributed by atoms with van der Waals surface area (Å²) in [5, 5.41) is 3.44. The molecule has 0 radical (unpaired) electrons. The molecule has 0 amide bonds. The van der Waals surface area contributed by atoms with Crippen LogP contribution in [-0.4, -0.2) is 29.3 Å². The molecule has 2 aromatic rings. The van der Waals surface area contributed by atoms with E-state index in [1.807, 2.05) is 23.9 Å². The Labute approximate surface area is 129 Å². The largest absolute Gasteiger partial charge is 0.494 e. The topological polar surface area (TPSA) is 48.3 Å². The van der Waals surface area contributed by atoms with Gasteiger partial charge in [-0.25, -0.2) is 9.37 Å². The monoisotopic (exact) mass is 305 g/mol. The van der Waals surface area contributed by atoms with Crippen molar-refractivity contribution in [2.45, 2.75) is 25.1 Å². The van der Waals surface area contributed by atoms with Gasteiger partial charge in [0.2, 0.25) is 0 Å². The highest BCUT2D eigenvalue weighted by molar-refractivity contribution is 5.29. The second-order valence-electron chi connectivity index (χ2n) is 5.43. The van der Waals surface area contributed by atoms with Gasteiger partial charge in [0.15, 0.2) is 11.6 Å². The van der Waals surface area contributed by atoms with Gasteiger partial charge < -0.3 is 19.4 Å². The molecule has 1 aliphatic rings. The zero-order valence-electron chi connectivity index (χ0n) is 12.8. The molecule has 22 heavy (non-hydrogen) atoms. The lowest BCUT2D eigenvalue weighted by atomic mass is 10.1. The molecule has 2 atom stereocenters. The quantitative estimate of drug-likeness (QED) is 0.920. The number of aromatic nitrogens is 2. The molecule has 5 nitrogen and oxygen atoms in total. The van der Waals surface area contributed by atoms with Gasteiger partial charge in [0.05, 0.1) is 7.11 Å². The van der Waals surface area contributed by atoms with Gasteiger partial charge >= 0.3 is 0 Å². The number of nitrogens with zero attached hydrogens (tertiary/aromatic N) is 2. The average molecular weight is 305 g/mol. The number of ether oxygens (including phenoxy) is 2. The Hall–Kier alpha value is -1.92. The zero-order valence-corrected chi connectivity index (χ0v) is 12.8. The summed E-state index contributed by atoms with van der Waals surface area (Å²) in [5.41, 5.74) is 0.879. The van der Waals surface area contributed by atoms with Crippen molar-refractivity contribution in [3.8, 4) is 5.75 Å². The van der Waals surface area contributed by atoms with Crippen LogP contribution in [0.1, 0.15) is 23.9 Å². The number of benzene rings is 1. The first kappa shape index (κ1) is 15.0. The van der Waals surface area contributed by atoms with Crippen LogP contribution in [0.5, 0.6) is 5.75 Å². The van der Waals surface area contributed by atoms with Crippen LogP contribution < -0.4 is 10.1 Å². The van der Waals surface area contributed by atoms with E-state index in [4.69, 9.17) is 9.47 Å². The van der Waals surface area contributed by atoms with Crippen molar-refractivity contribution >= 4 is 0 Å². The van der Waals surface area contributed by atoms with E-state index < -0.39 is 0 Å². The molecular weight excluding hydrogens is 285 g/mol. The Morgan fingerprint density at radius 2 is 2.36 bits per heavy atom.